The summed E-state index contributed by atoms with van der Waals surface area (Å²) in [4.78, 5) is 0. The molecule has 0 fully saturated rings. The maximum Gasteiger partial charge on any atom is 0.0780 e. The van der Waals surface area contributed by atoms with Gasteiger partial charge in [0, 0.05) is 0 Å². The number of hydrogen-bond donors (Lipinski definition) is 0. The monoisotopic (exact) mass is 216 g/mol. The smallest absolute Gasteiger partial charge is 0.0780 e. The van der Waals surface area contributed by atoms with Crippen molar-refractivity contribution in [3.8, 4) is 0 Å². The van der Waals surface area contributed by atoms with Crippen molar-refractivity contribution in [2.75, 3.05) is 19.8 Å². The Morgan fingerprint density at radius 1 is 0.867 bits per heavy atom. The van der Waals surface area contributed by atoms with Crippen molar-refractivity contribution in [2.45, 2.75) is 54.6 Å². The van der Waals surface area contributed by atoms with Gasteiger partial charge < -0.3 is 9.47 Å². The molecule has 92 valence electrons. The summed E-state index contributed by atoms with van der Waals surface area (Å²) in [6.07, 6.45) is 0.187. The zero-order valence-corrected chi connectivity index (χ0v) is 11.5. The normalized spacial score (nSPS) is 15.4. The van der Waals surface area contributed by atoms with E-state index >= 15 is 0 Å². The summed E-state index contributed by atoms with van der Waals surface area (Å²) in [6, 6.07) is 0. The molecule has 0 spiro atoms. The van der Waals surface area contributed by atoms with Gasteiger partial charge in [0.25, 0.3) is 0 Å². The molecule has 1 atom stereocenters. The van der Waals surface area contributed by atoms with E-state index < -0.39 is 0 Å². The highest BCUT2D eigenvalue weighted by atomic mass is 16.5. The first kappa shape index (κ1) is 14.9. The fourth-order valence-electron chi connectivity index (χ4n) is 0.971. The van der Waals surface area contributed by atoms with Gasteiger partial charge in [-0.1, -0.05) is 41.5 Å². The zero-order valence-electron chi connectivity index (χ0n) is 11.5. The van der Waals surface area contributed by atoms with Crippen LogP contribution in [0.15, 0.2) is 0 Å². The fraction of sp³-hybridized carbons (Fsp3) is 1.00. The number of hydrogen-bond acceptors (Lipinski definition) is 2. The fourth-order valence-corrected chi connectivity index (χ4v) is 0.971. The van der Waals surface area contributed by atoms with Crippen LogP contribution in [-0.4, -0.2) is 25.9 Å². The van der Waals surface area contributed by atoms with Crippen molar-refractivity contribution in [3.05, 3.63) is 0 Å². The summed E-state index contributed by atoms with van der Waals surface area (Å²) >= 11 is 0. The largest absolute Gasteiger partial charge is 0.378 e. The lowest BCUT2D eigenvalue weighted by Crippen LogP contribution is -2.25. The number of ether oxygens (including phenoxy) is 2. The molecule has 0 aliphatic heterocycles. The molecule has 2 nitrogen and oxygen atoms in total. The van der Waals surface area contributed by atoms with Crippen LogP contribution in [0, 0.1) is 10.8 Å². The van der Waals surface area contributed by atoms with Crippen molar-refractivity contribution < 1.29 is 9.47 Å². The lowest BCUT2D eigenvalue weighted by atomic mass is 9.98. The van der Waals surface area contributed by atoms with Gasteiger partial charge in [-0.3, -0.25) is 0 Å². The summed E-state index contributed by atoms with van der Waals surface area (Å²) in [5.74, 6) is 0. The summed E-state index contributed by atoms with van der Waals surface area (Å²) in [5, 5.41) is 0. The number of rotatable bonds is 5. The minimum atomic E-state index is 0.187. The Morgan fingerprint density at radius 3 is 1.73 bits per heavy atom. The van der Waals surface area contributed by atoms with E-state index in [-0.39, 0.29) is 16.9 Å². The molecule has 0 aliphatic rings. The molecule has 0 aromatic carbocycles. The molecule has 0 rings (SSSR count). The molecule has 0 saturated heterocycles. The van der Waals surface area contributed by atoms with Gasteiger partial charge in [0.05, 0.1) is 25.9 Å². The predicted molar refractivity (Wildman–Crippen MR) is 65.1 cm³/mol. The van der Waals surface area contributed by atoms with Crippen molar-refractivity contribution in [3.63, 3.8) is 0 Å². The first-order valence-corrected chi connectivity index (χ1v) is 5.79. The molecule has 0 bridgehead atoms. The van der Waals surface area contributed by atoms with Gasteiger partial charge in [0.1, 0.15) is 0 Å². The molecule has 1 unspecified atom stereocenters. The molecule has 0 amide bonds. The Morgan fingerprint density at radius 2 is 1.33 bits per heavy atom. The van der Waals surface area contributed by atoms with Crippen LogP contribution in [0.1, 0.15) is 48.5 Å². The average molecular weight is 216 g/mol. The molecular formula is C13H28O2. The van der Waals surface area contributed by atoms with Crippen LogP contribution in [0.25, 0.3) is 0 Å². The third-order valence-corrected chi connectivity index (χ3v) is 1.69. The van der Waals surface area contributed by atoms with Crippen molar-refractivity contribution in [1.29, 1.82) is 0 Å². The van der Waals surface area contributed by atoms with E-state index in [1.165, 1.54) is 0 Å². The van der Waals surface area contributed by atoms with Gasteiger partial charge in [-0.2, -0.15) is 0 Å². The van der Waals surface area contributed by atoms with Crippen molar-refractivity contribution in [2.24, 2.45) is 10.8 Å². The highest BCUT2D eigenvalue weighted by Crippen LogP contribution is 2.15. The molecule has 0 radical (unpaired) electrons. The minimum Gasteiger partial charge on any atom is -0.378 e. The van der Waals surface area contributed by atoms with Crippen molar-refractivity contribution in [1.82, 2.24) is 0 Å². The van der Waals surface area contributed by atoms with E-state index in [0.717, 1.165) is 13.2 Å². The van der Waals surface area contributed by atoms with Crippen molar-refractivity contribution >= 4 is 0 Å². The van der Waals surface area contributed by atoms with E-state index in [2.05, 4.69) is 48.5 Å². The lowest BCUT2D eigenvalue weighted by molar-refractivity contribution is -0.0441. The highest BCUT2D eigenvalue weighted by molar-refractivity contribution is 4.62. The Hall–Kier alpha value is -0.0800. The van der Waals surface area contributed by atoms with Gasteiger partial charge in [-0.25, -0.2) is 0 Å². The second-order valence-electron chi connectivity index (χ2n) is 6.76. The Bertz CT molecular complexity index is 162. The third-order valence-electron chi connectivity index (χ3n) is 1.69. The van der Waals surface area contributed by atoms with E-state index in [1.54, 1.807) is 0 Å². The molecule has 0 N–H and O–H groups in total. The summed E-state index contributed by atoms with van der Waals surface area (Å²) in [5.41, 5.74) is 0.474. The third kappa shape index (κ3) is 11.8. The zero-order chi connectivity index (χ0) is 12.1. The molecule has 0 aliphatic carbocycles. The van der Waals surface area contributed by atoms with Crippen LogP contribution in [0.3, 0.4) is 0 Å². The van der Waals surface area contributed by atoms with Gasteiger partial charge in [-0.05, 0) is 17.8 Å². The molecule has 0 heterocycles. The van der Waals surface area contributed by atoms with E-state index in [1.807, 2.05) is 0 Å². The van der Waals surface area contributed by atoms with Crippen LogP contribution in [0.2, 0.25) is 0 Å². The van der Waals surface area contributed by atoms with Gasteiger partial charge >= 0.3 is 0 Å². The predicted octanol–water partition coefficient (Wildman–Crippen LogP) is 3.50. The highest BCUT2D eigenvalue weighted by Gasteiger charge is 2.14. The van der Waals surface area contributed by atoms with Gasteiger partial charge in [0.15, 0.2) is 0 Å². The van der Waals surface area contributed by atoms with Crippen LogP contribution >= 0.6 is 0 Å². The van der Waals surface area contributed by atoms with Gasteiger partial charge in [-0.15, -0.1) is 0 Å². The topological polar surface area (TPSA) is 18.5 Å². The molecule has 15 heavy (non-hydrogen) atoms. The van der Waals surface area contributed by atoms with E-state index in [0.29, 0.717) is 6.61 Å². The molecule has 0 saturated carbocycles. The Labute approximate surface area is 95.3 Å². The summed E-state index contributed by atoms with van der Waals surface area (Å²) in [7, 11) is 0. The molecule has 0 aromatic heterocycles. The van der Waals surface area contributed by atoms with Crippen LogP contribution in [-0.2, 0) is 9.47 Å². The molecule has 2 heteroatoms. The second-order valence-corrected chi connectivity index (χ2v) is 6.76. The quantitative estimate of drug-likeness (QED) is 0.700. The molecular weight excluding hydrogens is 188 g/mol. The van der Waals surface area contributed by atoms with Gasteiger partial charge in [0.2, 0.25) is 0 Å². The standard InChI is InChI=1S/C13H28O2/c1-11(15-10-13(5,6)7)8-14-9-12(2,3)4/h11H,8-10H2,1-7H3. The first-order chi connectivity index (χ1) is 6.60. The summed E-state index contributed by atoms with van der Waals surface area (Å²) < 4.78 is 11.3. The Balaban J connectivity index is 3.54. The SMILES string of the molecule is CC(COCC(C)(C)C)OCC(C)(C)C. The lowest BCUT2D eigenvalue weighted by Gasteiger charge is -2.23. The summed E-state index contributed by atoms with van der Waals surface area (Å²) in [6.45, 7) is 17.4. The van der Waals surface area contributed by atoms with E-state index in [4.69, 9.17) is 9.47 Å². The average Bonchev–Trinajstić information content (AvgIpc) is 1.97. The Kier molecular flexibility index (Phi) is 5.82. The van der Waals surface area contributed by atoms with Crippen LogP contribution in [0.4, 0.5) is 0 Å². The minimum absolute atomic E-state index is 0.187. The molecule has 0 aromatic rings. The van der Waals surface area contributed by atoms with Crippen LogP contribution in [0.5, 0.6) is 0 Å². The van der Waals surface area contributed by atoms with Crippen LogP contribution < -0.4 is 0 Å². The maximum absolute atomic E-state index is 5.70. The second kappa shape index (κ2) is 5.86. The maximum atomic E-state index is 5.70. The van der Waals surface area contributed by atoms with E-state index in [9.17, 15) is 0 Å². The first-order valence-electron chi connectivity index (χ1n) is 5.79.